The standard InChI is InChI=1S/C23H33N5O3/c1-12-9-17(11-23(6,7)10-12)26-13(2)14(3)27-18-19(24-21(26)27)25(8)22(31)28(20(18)30)15(4)16(5)29/h12,15,17H,9-11H2,1-8H3/t12-,15-,17+/m0/s1. The van der Waals surface area contributed by atoms with Gasteiger partial charge in [-0.05, 0) is 58.3 Å². The average Bonchev–Trinajstić information content (AvgIpc) is 3.14. The number of Topliss-reactive ketones (excluding diaryl/α,β-unsaturated/α-hetero) is 1. The first kappa shape index (κ1) is 21.6. The third-order valence-corrected chi connectivity index (χ3v) is 7.21. The predicted molar refractivity (Wildman–Crippen MR) is 121 cm³/mol. The van der Waals surface area contributed by atoms with E-state index < -0.39 is 17.3 Å². The van der Waals surface area contributed by atoms with Gasteiger partial charge in [0.15, 0.2) is 16.9 Å². The van der Waals surface area contributed by atoms with Crippen LogP contribution in [0.25, 0.3) is 16.9 Å². The first-order valence-corrected chi connectivity index (χ1v) is 11.1. The van der Waals surface area contributed by atoms with Crippen LogP contribution >= 0.6 is 0 Å². The van der Waals surface area contributed by atoms with Crippen molar-refractivity contribution in [2.75, 3.05) is 0 Å². The van der Waals surface area contributed by atoms with Crippen LogP contribution in [0.5, 0.6) is 0 Å². The second kappa shape index (κ2) is 6.93. The lowest BCUT2D eigenvalue weighted by atomic mass is 9.70. The number of aryl methyl sites for hydroxylation is 2. The minimum atomic E-state index is -0.829. The lowest BCUT2D eigenvalue weighted by Gasteiger charge is -2.40. The summed E-state index contributed by atoms with van der Waals surface area (Å²) in [5, 5.41) is 0. The van der Waals surface area contributed by atoms with Crippen molar-refractivity contribution in [3.05, 3.63) is 32.2 Å². The molecule has 0 saturated heterocycles. The Morgan fingerprint density at radius 3 is 2.39 bits per heavy atom. The van der Waals surface area contributed by atoms with Crippen LogP contribution in [-0.4, -0.2) is 28.9 Å². The van der Waals surface area contributed by atoms with E-state index in [1.807, 2.05) is 11.3 Å². The zero-order valence-electron chi connectivity index (χ0n) is 19.8. The highest BCUT2D eigenvalue weighted by atomic mass is 16.2. The van der Waals surface area contributed by atoms with Crippen LogP contribution in [0.1, 0.15) is 77.4 Å². The highest BCUT2D eigenvalue weighted by molar-refractivity contribution is 5.81. The number of aromatic nitrogens is 5. The number of ketones is 1. The molecule has 0 N–H and O–H groups in total. The van der Waals surface area contributed by atoms with E-state index in [1.165, 1.54) is 17.9 Å². The molecule has 3 atom stereocenters. The molecule has 0 aliphatic heterocycles. The number of hydrogen-bond donors (Lipinski definition) is 0. The highest BCUT2D eigenvalue weighted by Gasteiger charge is 2.35. The molecule has 0 aromatic carbocycles. The fourth-order valence-electron chi connectivity index (χ4n) is 5.69. The number of rotatable bonds is 3. The molecule has 0 spiro atoms. The molecule has 4 rings (SSSR count). The van der Waals surface area contributed by atoms with Gasteiger partial charge in [0.2, 0.25) is 5.78 Å². The van der Waals surface area contributed by atoms with Gasteiger partial charge in [-0.25, -0.2) is 9.36 Å². The number of carbonyl (C=O) groups is 1. The number of imidazole rings is 2. The molecular weight excluding hydrogens is 394 g/mol. The molecule has 3 aromatic heterocycles. The smallest absolute Gasteiger partial charge is 0.311 e. The zero-order chi connectivity index (χ0) is 23.0. The largest absolute Gasteiger partial charge is 0.333 e. The van der Waals surface area contributed by atoms with Gasteiger partial charge in [0.25, 0.3) is 5.56 Å². The normalized spacial score (nSPS) is 22.3. The Hall–Kier alpha value is -2.64. The first-order valence-electron chi connectivity index (χ1n) is 11.1. The van der Waals surface area contributed by atoms with Crippen LogP contribution in [-0.2, 0) is 11.8 Å². The van der Waals surface area contributed by atoms with Crippen molar-refractivity contribution < 1.29 is 4.79 Å². The third-order valence-electron chi connectivity index (χ3n) is 7.21. The molecule has 1 saturated carbocycles. The topological polar surface area (TPSA) is 83.3 Å². The summed E-state index contributed by atoms with van der Waals surface area (Å²) in [4.78, 5) is 43.2. The summed E-state index contributed by atoms with van der Waals surface area (Å²) in [5.41, 5.74) is 1.97. The summed E-state index contributed by atoms with van der Waals surface area (Å²) in [7, 11) is 1.61. The van der Waals surface area contributed by atoms with E-state index in [0.717, 1.165) is 28.8 Å². The fourth-order valence-corrected chi connectivity index (χ4v) is 5.69. The molecule has 168 valence electrons. The maximum Gasteiger partial charge on any atom is 0.333 e. The molecule has 1 aliphatic rings. The van der Waals surface area contributed by atoms with Crippen LogP contribution in [0.15, 0.2) is 9.59 Å². The summed E-state index contributed by atoms with van der Waals surface area (Å²) in [5.74, 6) is 1.06. The van der Waals surface area contributed by atoms with E-state index in [0.29, 0.717) is 22.9 Å². The number of nitrogens with zero attached hydrogens (tertiary/aromatic N) is 5. The Morgan fingerprint density at radius 1 is 1.16 bits per heavy atom. The second-order valence-electron chi connectivity index (χ2n) is 10.3. The van der Waals surface area contributed by atoms with Crippen LogP contribution < -0.4 is 11.2 Å². The monoisotopic (exact) mass is 427 g/mol. The molecule has 1 fully saturated rings. The Bertz CT molecular complexity index is 1330. The van der Waals surface area contributed by atoms with Crippen molar-refractivity contribution in [2.24, 2.45) is 18.4 Å². The van der Waals surface area contributed by atoms with E-state index in [1.54, 1.807) is 14.0 Å². The summed E-state index contributed by atoms with van der Waals surface area (Å²) in [6.07, 6.45) is 3.29. The Balaban J connectivity index is 2.08. The number of fused-ring (bicyclic) bond motifs is 3. The van der Waals surface area contributed by atoms with E-state index >= 15 is 0 Å². The molecule has 0 amide bonds. The van der Waals surface area contributed by atoms with Crippen LogP contribution in [0.3, 0.4) is 0 Å². The maximum absolute atomic E-state index is 13.5. The minimum Gasteiger partial charge on any atom is -0.311 e. The molecular formula is C23H33N5O3. The van der Waals surface area contributed by atoms with Crippen molar-refractivity contribution in [1.82, 2.24) is 23.1 Å². The van der Waals surface area contributed by atoms with Crippen LogP contribution in [0.2, 0.25) is 0 Å². The molecule has 8 heteroatoms. The van der Waals surface area contributed by atoms with Gasteiger partial charge in [0, 0.05) is 24.5 Å². The van der Waals surface area contributed by atoms with E-state index in [4.69, 9.17) is 4.98 Å². The second-order valence-corrected chi connectivity index (χ2v) is 10.3. The Kier molecular flexibility index (Phi) is 4.83. The summed E-state index contributed by atoms with van der Waals surface area (Å²) in [6, 6.07) is -0.549. The molecule has 3 aromatic rings. The van der Waals surface area contributed by atoms with Gasteiger partial charge in [0.1, 0.15) is 0 Å². The highest BCUT2D eigenvalue weighted by Crippen LogP contribution is 2.45. The summed E-state index contributed by atoms with van der Waals surface area (Å²) in [6.45, 7) is 14.0. The van der Waals surface area contributed by atoms with Crippen molar-refractivity contribution in [2.45, 2.75) is 79.8 Å². The van der Waals surface area contributed by atoms with Crippen molar-refractivity contribution in [3.8, 4) is 0 Å². The van der Waals surface area contributed by atoms with Crippen molar-refractivity contribution in [3.63, 3.8) is 0 Å². The lowest BCUT2D eigenvalue weighted by molar-refractivity contribution is -0.119. The summed E-state index contributed by atoms with van der Waals surface area (Å²) < 4.78 is 6.57. The molecule has 0 bridgehead atoms. The fraction of sp³-hybridized carbons (Fsp3) is 0.652. The molecule has 8 nitrogen and oxygen atoms in total. The van der Waals surface area contributed by atoms with Crippen LogP contribution in [0, 0.1) is 25.2 Å². The average molecular weight is 428 g/mol. The maximum atomic E-state index is 13.5. The van der Waals surface area contributed by atoms with Gasteiger partial charge in [0.05, 0.1) is 6.04 Å². The van der Waals surface area contributed by atoms with Gasteiger partial charge < -0.3 is 4.57 Å². The molecule has 3 heterocycles. The van der Waals surface area contributed by atoms with Gasteiger partial charge in [-0.15, -0.1) is 0 Å². The van der Waals surface area contributed by atoms with Crippen LogP contribution in [0.4, 0.5) is 0 Å². The molecule has 0 radical (unpaired) electrons. The zero-order valence-corrected chi connectivity index (χ0v) is 19.8. The SMILES string of the molecule is CC(=O)[C@H](C)n1c(=O)c2c(nc3n([C@@H]4C[C@H](C)CC(C)(C)C4)c(C)c(C)n23)n(C)c1=O. The van der Waals surface area contributed by atoms with Crippen molar-refractivity contribution >= 4 is 22.7 Å². The number of carbonyl (C=O) groups excluding carboxylic acids is 1. The lowest BCUT2D eigenvalue weighted by Crippen LogP contribution is -2.42. The third kappa shape index (κ3) is 3.10. The van der Waals surface area contributed by atoms with Gasteiger partial charge in [-0.1, -0.05) is 20.8 Å². The minimum absolute atomic E-state index is 0.229. The Labute approximate surface area is 181 Å². The molecule has 0 unspecified atom stereocenters. The molecule has 31 heavy (non-hydrogen) atoms. The van der Waals surface area contributed by atoms with Gasteiger partial charge >= 0.3 is 5.69 Å². The van der Waals surface area contributed by atoms with Gasteiger partial charge in [-0.3, -0.25) is 18.6 Å². The Morgan fingerprint density at radius 2 is 1.81 bits per heavy atom. The molecule has 1 aliphatic carbocycles. The summed E-state index contributed by atoms with van der Waals surface area (Å²) >= 11 is 0. The van der Waals surface area contributed by atoms with E-state index in [9.17, 15) is 14.4 Å². The van der Waals surface area contributed by atoms with E-state index in [-0.39, 0.29) is 17.2 Å². The first-order chi connectivity index (χ1) is 14.4. The van der Waals surface area contributed by atoms with E-state index in [2.05, 4.69) is 32.3 Å². The number of hydrogen-bond acceptors (Lipinski definition) is 4. The van der Waals surface area contributed by atoms with Crippen molar-refractivity contribution in [1.29, 1.82) is 0 Å². The quantitative estimate of drug-likeness (QED) is 0.642. The van der Waals surface area contributed by atoms with Gasteiger partial charge in [-0.2, -0.15) is 4.98 Å². The predicted octanol–water partition coefficient (Wildman–Crippen LogP) is 3.30.